The first kappa shape index (κ1) is 14.0. The highest BCUT2D eigenvalue weighted by atomic mass is 16.1. The number of carbonyl (C=O) groups is 1. The first-order valence-electron chi connectivity index (χ1n) is 7.64. The van der Waals surface area contributed by atoms with Crippen LogP contribution in [0, 0.1) is 0 Å². The standard InChI is InChI=1S/C17H21N3O/c21-17(12-18-7-2-9-20-10-8-19-13-20)16-6-5-14-3-1-4-15(14)11-16/h5-6,8,10-11,13,18H,1-4,7,9,12H2. The van der Waals surface area contributed by atoms with Crippen molar-refractivity contribution in [1.29, 1.82) is 0 Å². The summed E-state index contributed by atoms with van der Waals surface area (Å²) in [6.07, 6.45) is 10.1. The Labute approximate surface area is 125 Å². The zero-order valence-corrected chi connectivity index (χ0v) is 12.2. The molecule has 3 rings (SSSR count). The van der Waals surface area contributed by atoms with Gasteiger partial charge in [0.2, 0.25) is 0 Å². The van der Waals surface area contributed by atoms with Crippen molar-refractivity contribution in [3.8, 4) is 0 Å². The van der Waals surface area contributed by atoms with Crippen LogP contribution in [0.1, 0.15) is 34.3 Å². The number of hydrogen-bond acceptors (Lipinski definition) is 3. The molecule has 1 heterocycles. The third-order valence-electron chi connectivity index (χ3n) is 4.04. The van der Waals surface area contributed by atoms with Crippen molar-refractivity contribution >= 4 is 5.78 Å². The van der Waals surface area contributed by atoms with E-state index in [9.17, 15) is 4.79 Å². The lowest BCUT2D eigenvalue weighted by Crippen LogP contribution is -2.24. The summed E-state index contributed by atoms with van der Waals surface area (Å²) in [6, 6.07) is 6.17. The smallest absolute Gasteiger partial charge is 0.176 e. The molecule has 0 saturated carbocycles. The molecule has 0 radical (unpaired) electrons. The van der Waals surface area contributed by atoms with E-state index in [0.29, 0.717) is 6.54 Å². The quantitative estimate of drug-likeness (QED) is 0.626. The van der Waals surface area contributed by atoms with Crippen LogP contribution in [0.4, 0.5) is 0 Å². The van der Waals surface area contributed by atoms with Gasteiger partial charge < -0.3 is 9.88 Å². The van der Waals surface area contributed by atoms with Gasteiger partial charge in [0.05, 0.1) is 12.9 Å². The second kappa shape index (κ2) is 6.68. The summed E-state index contributed by atoms with van der Waals surface area (Å²) in [7, 11) is 0. The number of nitrogens with zero attached hydrogens (tertiary/aromatic N) is 2. The van der Waals surface area contributed by atoms with Gasteiger partial charge in [0.1, 0.15) is 0 Å². The molecule has 0 saturated heterocycles. The van der Waals surface area contributed by atoms with Crippen molar-refractivity contribution in [1.82, 2.24) is 14.9 Å². The van der Waals surface area contributed by atoms with Crippen LogP contribution in [0.15, 0.2) is 36.9 Å². The molecule has 0 atom stereocenters. The average Bonchev–Trinajstić information content (AvgIpc) is 3.17. The highest BCUT2D eigenvalue weighted by molar-refractivity contribution is 5.97. The first-order valence-corrected chi connectivity index (χ1v) is 7.64. The molecule has 1 aromatic carbocycles. The highest BCUT2D eigenvalue weighted by Crippen LogP contribution is 2.22. The van der Waals surface area contributed by atoms with Crippen molar-refractivity contribution in [3.63, 3.8) is 0 Å². The van der Waals surface area contributed by atoms with E-state index in [2.05, 4.69) is 22.4 Å². The lowest BCUT2D eigenvalue weighted by atomic mass is 10.0. The number of aromatic nitrogens is 2. The maximum absolute atomic E-state index is 12.2. The van der Waals surface area contributed by atoms with E-state index in [0.717, 1.165) is 37.9 Å². The molecule has 0 amide bonds. The fourth-order valence-electron chi connectivity index (χ4n) is 2.85. The van der Waals surface area contributed by atoms with E-state index >= 15 is 0 Å². The second-order valence-corrected chi connectivity index (χ2v) is 5.59. The average molecular weight is 283 g/mol. The number of imidazole rings is 1. The molecule has 1 N–H and O–H groups in total. The van der Waals surface area contributed by atoms with E-state index in [1.54, 1.807) is 6.20 Å². The van der Waals surface area contributed by atoms with Gasteiger partial charge in [-0.15, -0.1) is 0 Å². The number of Topliss-reactive ketones (excluding diaryl/α,β-unsaturated/α-hetero) is 1. The number of ketones is 1. The number of carbonyl (C=O) groups excluding carboxylic acids is 1. The van der Waals surface area contributed by atoms with Crippen LogP contribution in [0.25, 0.3) is 0 Å². The number of fused-ring (bicyclic) bond motifs is 1. The first-order chi connectivity index (χ1) is 10.3. The lowest BCUT2D eigenvalue weighted by Gasteiger charge is -2.06. The van der Waals surface area contributed by atoms with Gasteiger partial charge in [-0.05, 0) is 49.4 Å². The van der Waals surface area contributed by atoms with Crippen molar-refractivity contribution in [3.05, 3.63) is 53.6 Å². The Morgan fingerprint density at radius 2 is 2.19 bits per heavy atom. The van der Waals surface area contributed by atoms with Crippen LogP contribution in [0.2, 0.25) is 0 Å². The summed E-state index contributed by atoms with van der Waals surface area (Å²) in [6.45, 7) is 2.19. The number of rotatable bonds is 7. The maximum Gasteiger partial charge on any atom is 0.176 e. The number of benzene rings is 1. The third kappa shape index (κ3) is 3.58. The largest absolute Gasteiger partial charge is 0.337 e. The molecule has 4 nitrogen and oxygen atoms in total. The number of hydrogen-bond donors (Lipinski definition) is 1. The van der Waals surface area contributed by atoms with E-state index in [4.69, 9.17) is 0 Å². The Morgan fingerprint density at radius 3 is 3.05 bits per heavy atom. The Hall–Kier alpha value is -1.94. The second-order valence-electron chi connectivity index (χ2n) is 5.59. The van der Waals surface area contributed by atoms with Gasteiger partial charge in [-0.25, -0.2) is 4.98 Å². The van der Waals surface area contributed by atoms with Gasteiger partial charge in [0.15, 0.2) is 5.78 Å². The number of nitrogens with one attached hydrogen (secondary N) is 1. The Balaban J connectivity index is 1.42. The molecule has 0 bridgehead atoms. The maximum atomic E-state index is 12.2. The van der Waals surface area contributed by atoms with E-state index < -0.39 is 0 Å². The molecule has 1 aliphatic carbocycles. The minimum atomic E-state index is 0.187. The predicted octanol–water partition coefficient (Wildman–Crippen LogP) is 2.23. The molecule has 4 heteroatoms. The Morgan fingerprint density at radius 1 is 1.29 bits per heavy atom. The molecule has 1 aromatic heterocycles. The predicted molar refractivity (Wildman–Crippen MR) is 82.5 cm³/mol. The monoisotopic (exact) mass is 283 g/mol. The van der Waals surface area contributed by atoms with Crippen LogP contribution in [-0.4, -0.2) is 28.4 Å². The van der Waals surface area contributed by atoms with Crippen molar-refractivity contribution in [2.75, 3.05) is 13.1 Å². The summed E-state index contributed by atoms with van der Waals surface area (Å²) >= 11 is 0. The van der Waals surface area contributed by atoms with Crippen LogP contribution < -0.4 is 5.32 Å². The van der Waals surface area contributed by atoms with Crippen molar-refractivity contribution in [2.24, 2.45) is 0 Å². The summed E-state index contributed by atoms with van der Waals surface area (Å²) in [5, 5.41) is 3.23. The summed E-state index contributed by atoms with van der Waals surface area (Å²) in [5.74, 6) is 0.187. The zero-order valence-electron chi connectivity index (χ0n) is 12.2. The number of aryl methyl sites for hydroxylation is 3. The van der Waals surface area contributed by atoms with Gasteiger partial charge in [0, 0.05) is 24.5 Å². The Bertz CT molecular complexity index is 605. The SMILES string of the molecule is O=C(CNCCCn1ccnc1)c1ccc2c(c1)CCC2. The van der Waals surface area contributed by atoms with Gasteiger partial charge in [0.25, 0.3) is 0 Å². The van der Waals surface area contributed by atoms with Crippen molar-refractivity contribution in [2.45, 2.75) is 32.2 Å². The molecular weight excluding hydrogens is 262 g/mol. The van der Waals surface area contributed by atoms with Crippen LogP contribution in [-0.2, 0) is 19.4 Å². The Kier molecular flexibility index (Phi) is 4.46. The topological polar surface area (TPSA) is 46.9 Å². The minimum Gasteiger partial charge on any atom is -0.337 e. The van der Waals surface area contributed by atoms with Crippen LogP contribution >= 0.6 is 0 Å². The zero-order chi connectivity index (χ0) is 14.5. The van der Waals surface area contributed by atoms with Gasteiger partial charge in [-0.1, -0.05) is 12.1 Å². The minimum absolute atomic E-state index is 0.187. The molecule has 0 aliphatic heterocycles. The highest BCUT2D eigenvalue weighted by Gasteiger charge is 2.13. The summed E-state index contributed by atoms with van der Waals surface area (Å²) < 4.78 is 2.05. The van der Waals surface area contributed by atoms with E-state index in [1.165, 1.54) is 17.5 Å². The van der Waals surface area contributed by atoms with Crippen LogP contribution in [0.5, 0.6) is 0 Å². The molecule has 0 unspecified atom stereocenters. The van der Waals surface area contributed by atoms with Crippen molar-refractivity contribution < 1.29 is 4.79 Å². The fourth-order valence-corrected chi connectivity index (χ4v) is 2.85. The third-order valence-corrected chi connectivity index (χ3v) is 4.04. The van der Waals surface area contributed by atoms with Gasteiger partial charge >= 0.3 is 0 Å². The summed E-state index contributed by atoms with van der Waals surface area (Å²) in [4.78, 5) is 16.2. The normalized spacial score (nSPS) is 13.3. The van der Waals surface area contributed by atoms with E-state index in [1.807, 2.05) is 23.2 Å². The van der Waals surface area contributed by atoms with E-state index in [-0.39, 0.29) is 5.78 Å². The van der Waals surface area contributed by atoms with Gasteiger partial charge in [-0.3, -0.25) is 4.79 Å². The van der Waals surface area contributed by atoms with Gasteiger partial charge in [-0.2, -0.15) is 0 Å². The molecule has 2 aromatic rings. The molecule has 110 valence electrons. The molecule has 0 spiro atoms. The fraction of sp³-hybridized carbons (Fsp3) is 0.412. The molecular formula is C17H21N3O. The van der Waals surface area contributed by atoms with Crippen LogP contribution in [0.3, 0.4) is 0 Å². The lowest BCUT2D eigenvalue weighted by molar-refractivity contribution is 0.0991. The molecule has 1 aliphatic rings. The summed E-state index contributed by atoms with van der Waals surface area (Å²) in [5.41, 5.74) is 3.62. The molecule has 0 fully saturated rings. The molecule has 21 heavy (non-hydrogen) atoms.